The number of rotatable bonds is 5. The molecule has 0 spiro atoms. The average Bonchev–Trinajstić information content (AvgIpc) is 2.23. The fourth-order valence-electron chi connectivity index (χ4n) is 1.12. The molecular weight excluding hydrogens is 269 g/mol. The van der Waals surface area contributed by atoms with Crippen molar-refractivity contribution in [1.29, 1.82) is 0 Å². The Hall–Kier alpha value is -0.450. The maximum Gasteiger partial charge on any atom is 0.151 e. The van der Waals surface area contributed by atoms with Crippen molar-refractivity contribution >= 4 is 38.7 Å². The largest absolute Gasteiger partial charge is 0.383 e. The Bertz CT molecular complexity index is 460. The summed E-state index contributed by atoms with van der Waals surface area (Å²) in [5.41, 5.74) is 0.653. The first-order chi connectivity index (χ1) is 7.44. The van der Waals surface area contributed by atoms with Crippen molar-refractivity contribution in [1.82, 2.24) is 0 Å². The van der Waals surface area contributed by atoms with E-state index in [-0.39, 0.29) is 11.5 Å². The van der Waals surface area contributed by atoms with Crippen LogP contribution in [0.1, 0.15) is 6.92 Å². The number of nitrogens with one attached hydrogen (secondary N) is 1. The Morgan fingerprint density at radius 1 is 1.31 bits per heavy atom. The van der Waals surface area contributed by atoms with Crippen LogP contribution in [0, 0.1) is 0 Å². The van der Waals surface area contributed by atoms with Crippen LogP contribution in [0.3, 0.4) is 0 Å². The summed E-state index contributed by atoms with van der Waals surface area (Å²) >= 11 is 11.7. The van der Waals surface area contributed by atoms with Gasteiger partial charge in [0.25, 0.3) is 0 Å². The SMILES string of the molecule is CCS(=O)(=O)CCNc1cc(Cl)ccc1Cl. The number of halogens is 2. The topological polar surface area (TPSA) is 46.2 Å². The third-order valence-corrected chi connectivity index (χ3v) is 4.37. The van der Waals surface area contributed by atoms with Gasteiger partial charge in [-0.2, -0.15) is 0 Å². The highest BCUT2D eigenvalue weighted by molar-refractivity contribution is 7.91. The zero-order valence-electron chi connectivity index (χ0n) is 8.83. The molecular formula is C10H13Cl2NO2S. The molecule has 0 aliphatic heterocycles. The van der Waals surface area contributed by atoms with Crippen molar-refractivity contribution in [3.63, 3.8) is 0 Å². The lowest BCUT2D eigenvalue weighted by Crippen LogP contribution is -2.17. The highest BCUT2D eigenvalue weighted by atomic mass is 35.5. The molecule has 0 heterocycles. The number of hydrogen-bond acceptors (Lipinski definition) is 3. The molecule has 0 amide bonds. The number of anilines is 1. The van der Waals surface area contributed by atoms with Crippen LogP contribution < -0.4 is 5.32 Å². The molecule has 0 radical (unpaired) electrons. The lowest BCUT2D eigenvalue weighted by atomic mass is 10.3. The molecule has 0 saturated heterocycles. The summed E-state index contributed by atoms with van der Waals surface area (Å²) in [4.78, 5) is 0. The third kappa shape index (κ3) is 4.20. The Balaban J connectivity index is 2.59. The van der Waals surface area contributed by atoms with Crippen LogP contribution >= 0.6 is 23.2 Å². The van der Waals surface area contributed by atoms with E-state index in [4.69, 9.17) is 23.2 Å². The van der Waals surface area contributed by atoms with Crippen molar-refractivity contribution in [2.24, 2.45) is 0 Å². The normalized spacial score (nSPS) is 11.4. The lowest BCUT2D eigenvalue weighted by molar-refractivity contribution is 0.597. The smallest absolute Gasteiger partial charge is 0.151 e. The van der Waals surface area contributed by atoms with Crippen molar-refractivity contribution in [2.45, 2.75) is 6.92 Å². The van der Waals surface area contributed by atoms with Gasteiger partial charge in [0.15, 0.2) is 9.84 Å². The van der Waals surface area contributed by atoms with Gasteiger partial charge in [-0.1, -0.05) is 30.1 Å². The maximum atomic E-state index is 11.2. The molecule has 0 saturated carbocycles. The molecule has 0 aliphatic carbocycles. The van der Waals surface area contributed by atoms with Crippen molar-refractivity contribution in [3.05, 3.63) is 28.2 Å². The Morgan fingerprint density at radius 2 is 2.00 bits per heavy atom. The minimum atomic E-state index is -2.95. The predicted molar refractivity (Wildman–Crippen MR) is 69.3 cm³/mol. The lowest BCUT2D eigenvalue weighted by Gasteiger charge is -2.08. The van der Waals surface area contributed by atoms with E-state index in [1.165, 1.54) is 0 Å². The van der Waals surface area contributed by atoms with Gasteiger partial charge in [0.05, 0.1) is 16.5 Å². The van der Waals surface area contributed by atoms with Crippen LogP contribution in [0.2, 0.25) is 10.0 Å². The fourth-order valence-corrected chi connectivity index (χ4v) is 2.18. The molecule has 0 unspecified atom stereocenters. The summed E-state index contributed by atoms with van der Waals surface area (Å²) in [5, 5.41) is 4.04. The quantitative estimate of drug-likeness (QED) is 0.903. The second-order valence-corrected chi connectivity index (χ2v) is 6.60. The van der Waals surface area contributed by atoms with Gasteiger partial charge in [-0.15, -0.1) is 0 Å². The summed E-state index contributed by atoms with van der Waals surface area (Å²) in [6, 6.07) is 5.01. The van der Waals surface area contributed by atoms with Crippen LogP contribution in [0.4, 0.5) is 5.69 Å². The molecule has 1 aromatic rings. The highest BCUT2D eigenvalue weighted by Gasteiger charge is 2.07. The predicted octanol–water partition coefficient (Wildman–Crippen LogP) is 2.84. The van der Waals surface area contributed by atoms with Crippen molar-refractivity contribution in [2.75, 3.05) is 23.4 Å². The zero-order chi connectivity index (χ0) is 12.2. The first-order valence-corrected chi connectivity index (χ1v) is 7.41. The molecule has 0 bridgehead atoms. The summed E-state index contributed by atoms with van der Waals surface area (Å²) in [5.74, 6) is 0.240. The molecule has 90 valence electrons. The van der Waals surface area contributed by atoms with Gasteiger partial charge in [-0.05, 0) is 18.2 Å². The van der Waals surface area contributed by atoms with E-state index in [2.05, 4.69) is 5.32 Å². The standard InChI is InChI=1S/C10H13Cl2NO2S/c1-2-16(14,15)6-5-13-10-7-8(11)3-4-9(10)12/h3-4,7,13H,2,5-6H2,1H3. The first kappa shape index (κ1) is 13.6. The van der Waals surface area contributed by atoms with Gasteiger partial charge in [-0.3, -0.25) is 0 Å². The van der Waals surface area contributed by atoms with Gasteiger partial charge in [-0.25, -0.2) is 8.42 Å². The van der Waals surface area contributed by atoms with E-state index < -0.39 is 9.84 Å². The number of hydrogen-bond donors (Lipinski definition) is 1. The van der Waals surface area contributed by atoms with Crippen LogP contribution in [-0.2, 0) is 9.84 Å². The number of sulfone groups is 1. The summed E-state index contributed by atoms with van der Waals surface area (Å²) in [7, 11) is -2.95. The molecule has 0 aromatic heterocycles. The Kier molecular flexibility index (Phi) is 4.89. The van der Waals surface area contributed by atoms with Crippen LogP contribution in [0.25, 0.3) is 0 Å². The Morgan fingerprint density at radius 3 is 2.62 bits per heavy atom. The highest BCUT2D eigenvalue weighted by Crippen LogP contribution is 2.25. The van der Waals surface area contributed by atoms with Crippen LogP contribution in [-0.4, -0.2) is 26.5 Å². The average molecular weight is 282 g/mol. The van der Waals surface area contributed by atoms with E-state index in [1.807, 2.05) is 0 Å². The van der Waals surface area contributed by atoms with Crippen molar-refractivity contribution < 1.29 is 8.42 Å². The molecule has 0 aliphatic rings. The minimum absolute atomic E-state index is 0.0896. The molecule has 1 rings (SSSR count). The van der Waals surface area contributed by atoms with Gasteiger partial charge >= 0.3 is 0 Å². The maximum absolute atomic E-state index is 11.2. The monoisotopic (exact) mass is 281 g/mol. The first-order valence-electron chi connectivity index (χ1n) is 4.84. The summed E-state index contributed by atoms with van der Waals surface area (Å²) in [6.45, 7) is 1.96. The minimum Gasteiger partial charge on any atom is -0.383 e. The van der Waals surface area contributed by atoms with Gasteiger partial charge in [0.1, 0.15) is 0 Å². The van der Waals surface area contributed by atoms with E-state index in [1.54, 1.807) is 25.1 Å². The van der Waals surface area contributed by atoms with Crippen molar-refractivity contribution in [3.8, 4) is 0 Å². The van der Waals surface area contributed by atoms with Crippen LogP contribution in [0.5, 0.6) is 0 Å². The van der Waals surface area contributed by atoms with Gasteiger partial charge in [0.2, 0.25) is 0 Å². The van der Waals surface area contributed by atoms with E-state index in [0.717, 1.165) is 0 Å². The van der Waals surface area contributed by atoms with E-state index >= 15 is 0 Å². The Labute approximate surface area is 106 Å². The molecule has 1 N–H and O–H groups in total. The molecule has 16 heavy (non-hydrogen) atoms. The van der Waals surface area contributed by atoms with E-state index in [9.17, 15) is 8.42 Å². The van der Waals surface area contributed by atoms with Gasteiger partial charge < -0.3 is 5.32 Å². The molecule has 6 heteroatoms. The zero-order valence-corrected chi connectivity index (χ0v) is 11.2. The summed E-state index contributed by atoms with van der Waals surface area (Å²) < 4.78 is 22.5. The van der Waals surface area contributed by atoms with Crippen LogP contribution in [0.15, 0.2) is 18.2 Å². The third-order valence-electron chi connectivity index (χ3n) is 2.10. The van der Waals surface area contributed by atoms with E-state index in [0.29, 0.717) is 22.3 Å². The second kappa shape index (κ2) is 5.75. The fraction of sp³-hybridized carbons (Fsp3) is 0.400. The summed E-state index contributed by atoms with van der Waals surface area (Å²) in [6.07, 6.45) is 0. The van der Waals surface area contributed by atoms with Gasteiger partial charge in [0, 0.05) is 17.3 Å². The second-order valence-electron chi connectivity index (χ2n) is 3.29. The molecule has 3 nitrogen and oxygen atoms in total. The number of benzene rings is 1. The molecule has 0 fully saturated rings. The molecule has 1 aromatic carbocycles. The molecule has 0 atom stereocenters.